The molecular formula is C20H25N10O13P2+. The van der Waals surface area contributed by atoms with Gasteiger partial charge >= 0.3 is 16.1 Å². The van der Waals surface area contributed by atoms with E-state index >= 15 is 0 Å². The van der Waals surface area contributed by atoms with Crippen LogP contribution in [-0.2, 0) is 32.2 Å². The highest BCUT2D eigenvalue weighted by atomic mass is 31.2. The molecule has 0 saturated carbocycles. The van der Waals surface area contributed by atoms with E-state index < -0.39 is 83.9 Å². The zero-order chi connectivity index (χ0) is 32.2. The Morgan fingerprint density at radius 2 is 1.69 bits per heavy atom. The van der Waals surface area contributed by atoms with Crippen molar-refractivity contribution in [2.45, 2.75) is 49.1 Å². The number of aliphatic hydroxyl groups is 3. The Balaban J connectivity index is 1.22. The molecule has 242 valence electrons. The number of nitrogens with two attached hydrogens (primary N) is 2. The summed E-state index contributed by atoms with van der Waals surface area (Å²) in [5, 5.41) is 31.4. The minimum Gasteiger partial charge on any atom is -0.394 e. The summed E-state index contributed by atoms with van der Waals surface area (Å²) >= 11 is 0. The number of ether oxygens (including phenoxy) is 2. The molecule has 4 aromatic heterocycles. The number of nitrogens with zero attached hydrogens (tertiary/aromatic N) is 7. The van der Waals surface area contributed by atoms with Crippen LogP contribution in [0.2, 0.25) is 0 Å². The molecule has 0 radical (unpaired) electrons. The summed E-state index contributed by atoms with van der Waals surface area (Å²) in [7, 11) is -8.46. The van der Waals surface area contributed by atoms with Crippen molar-refractivity contribution in [2.24, 2.45) is 0 Å². The molecule has 2 aliphatic heterocycles. The molecule has 6 rings (SSSR count). The normalized spacial score (nSPS) is 30.3. The molecule has 0 aliphatic carbocycles. The lowest BCUT2D eigenvalue weighted by molar-refractivity contribution is -0.0609. The van der Waals surface area contributed by atoms with E-state index in [1.807, 2.05) is 0 Å². The molecule has 0 aromatic carbocycles. The molecule has 2 aliphatic rings. The highest BCUT2D eigenvalue weighted by Crippen LogP contribution is 2.50. The number of hydrogen-bond acceptors (Lipinski definition) is 18. The van der Waals surface area contributed by atoms with Gasteiger partial charge in [-0.25, -0.2) is 24.5 Å². The monoisotopic (exact) mass is 675 g/mol. The lowest BCUT2D eigenvalue weighted by Gasteiger charge is -2.24. The minimum atomic E-state index is -5.17. The van der Waals surface area contributed by atoms with Crippen LogP contribution in [-0.4, -0.2) is 114 Å². The second kappa shape index (κ2) is 12.0. The smallest absolute Gasteiger partial charge is 0.394 e. The van der Waals surface area contributed by atoms with E-state index in [-0.39, 0.29) is 34.1 Å². The standard InChI is InChI=1S/C20H24N10O13P2/c21-14-8-15(24-3-23-14)29(4-25-8)18-11(33)12(42-44(35)36)7(41-18)2-39-45(37,38)43-13-10(32)6(1-31)40-19(13)30-5-26-9-16(30)27-20(22)28-17(9)34/h3-7,10-13,18-19,31-33H,1-2H2,(H6-,21,22,23,24,27,28,34,35,36,37,38)/p+1/t6-,7-,10-,11-,12-,13-,18-,19-/m1/s1. The van der Waals surface area contributed by atoms with E-state index in [1.54, 1.807) is 0 Å². The van der Waals surface area contributed by atoms with Crippen molar-refractivity contribution in [3.8, 4) is 0 Å². The molecule has 2 unspecified atom stereocenters. The van der Waals surface area contributed by atoms with E-state index in [0.29, 0.717) is 0 Å². The molecule has 23 nitrogen and oxygen atoms in total. The Hall–Kier alpha value is -3.57. The first-order valence-electron chi connectivity index (χ1n) is 12.8. The van der Waals surface area contributed by atoms with Crippen LogP contribution in [0.15, 0.2) is 23.8 Å². The number of fused-ring (bicyclic) bond motifs is 2. The van der Waals surface area contributed by atoms with Gasteiger partial charge in [-0.05, 0) is 0 Å². The lowest BCUT2D eigenvalue weighted by Crippen LogP contribution is -2.36. The second-order valence-electron chi connectivity index (χ2n) is 9.79. The van der Waals surface area contributed by atoms with Crippen LogP contribution in [0.4, 0.5) is 11.8 Å². The molecule has 0 amide bonds. The second-order valence-corrected chi connectivity index (χ2v) is 11.9. The van der Waals surface area contributed by atoms with Crippen LogP contribution >= 0.6 is 16.1 Å². The SMILES string of the molecule is Nc1nc2c(ncn2[C@@H]2O[C@H](CO)[C@@H](O)[C@H]2OP(=O)(O)OC[C@H]2O[C@@H](n3cnc4c(N)ncnc43)[C@H](O)[C@@H]2O[P+](=O)O)c(=O)[nH]1. The number of phosphoric ester groups is 1. The fourth-order valence-corrected chi connectivity index (χ4v) is 6.46. The Morgan fingerprint density at radius 3 is 2.40 bits per heavy atom. The third kappa shape index (κ3) is 5.80. The third-order valence-electron chi connectivity index (χ3n) is 7.06. The quantitative estimate of drug-likeness (QED) is 0.0785. The number of H-pyrrole nitrogens is 1. The molecule has 25 heteroatoms. The summed E-state index contributed by atoms with van der Waals surface area (Å²) in [5.41, 5.74) is 10.8. The fourth-order valence-electron chi connectivity index (χ4n) is 5.06. The van der Waals surface area contributed by atoms with Gasteiger partial charge in [0.05, 0.1) is 25.9 Å². The van der Waals surface area contributed by atoms with Crippen molar-refractivity contribution >= 4 is 50.2 Å². The Kier molecular flexibility index (Phi) is 8.36. The number of aromatic amines is 1. The molecule has 2 fully saturated rings. The van der Waals surface area contributed by atoms with E-state index in [2.05, 4.69) is 29.9 Å². The van der Waals surface area contributed by atoms with Gasteiger partial charge in [0, 0.05) is 4.57 Å². The summed E-state index contributed by atoms with van der Waals surface area (Å²) in [5.74, 6) is -0.247. The maximum absolute atomic E-state index is 13.1. The van der Waals surface area contributed by atoms with Gasteiger partial charge in [-0.3, -0.25) is 28.0 Å². The summed E-state index contributed by atoms with van der Waals surface area (Å²) in [6.07, 6.45) is -8.73. The van der Waals surface area contributed by atoms with Crippen molar-refractivity contribution in [2.75, 3.05) is 24.7 Å². The average Bonchev–Trinajstić information content (AvgIpc) is 3.73. The summed E-state index contributed by atoms with van der Waals surface area (Å²) in [6.45, 7) is -1.58. The van der Waals surface area contributed by atoms with Gasteiger partial charge in [-0.15, -0.1) is 9.42 Å². The molecule has 0 spiro atoms. The van der Waals surface area contributed by atoms with Crippen LogP contribution in [0.3, 0.4) is 0 Å². The van der Waals surface area contributed by atoms with Crippen molar-refractivity contribution in [3.63, 3.8) is 0 Å². The Labute approximate surface area is 249 Å². The number of anilines is 2. The first-order valence-corrected chi connectivity index (χ1v) is 15.4. The number of nitrogens with one attached hydrogen (secondary N) is 1. The number of imidazole rings is 2. The molecule has 4 aromatic rings. The van der Waals surface area contributed by atoms with Gasteiger partial charge in [-0.2, -0.15) is 4.98 Å². The first-order chi connectivity index (χ1) is 21.4. The van der Waals surface area contributed by atoms with Crippen molar-refractivity contribution in [1.29, 1.82) is 0 Å². The number of nitrogen functional groups attached to an aromatic ring is 2. The van der Waals surface area contributed by atoms with Crippen LogP contribution < -0.4 is 17.0 Å². The van der Waals surface area contributed by atoms with Crippen LogP contribution in [0, 0.1) is 0 Å². The van der Waals surface area contributed by atoms with Gasteiger partial charge in [0.1, 0.15) is 42.4 Å². The molecule has 45 heavy (non-hydrogen) atoms. The van der Waals surface area contributed by atoms with E-state index in [9.17, 15) is 39.0 Å². The predicted octanol–water partition coefficient (Wildman–Crippen LogP) is -2.83. The summed E-state index contributed by atoms with van der Waals surface area (Å²) in [4.78, 5) is 54.4. The van der Waals surface area contributed by atoms with Crippen molar-refractivity contribution in [1.82, 2.24) is 39.0 Å². The highest BCUT2D eigenvalue weighted by Gasteiger charge is 2.53. The van der Waals surface area contributed by atoms with Crippen molar-refractivity contribution in [3.05, 3.63) is 29.3 Å². The number of rotatable bonds is 10. The van der Waals surface area contributed by atoms with Gasteiger partial charge < -0.3 is 41.2 Å². The summed E-state index contributed by atoms with van der Waals surface area (Å²) < 4.78 is 53.7. The molecule has 0 bridgehead atoms. The summed E-state index contributed by atoms with van der Waals surface area (Å²) in [6, 6.07) is 0. The zero-order valence-corrected chi connectivity index (χ0v) is 24.2. The average molecular weight is 675 g/mol. The largest absolute Gasteiger partial charge is 0.695 e. The Morgan fingerprint density at radius 1 is 1.00 bits per heavy atom. The van der Waals surface area contributed by atoms with E-state index in [1.165, 1.54) is 10.9 Å². The molecule has 10 N–H and O–H groups in total. The highest BCUT2D eigenvalue weighted by molar-refractivity contribution is 7.47. The van der Waals surface area contributed by atoms with Crippen LogP contribution in [0.25, 0.3) is 22.3 Å². The topological polar surface area (TPSA) is 341 Å². The molecular weight excluding hydrogens is 650 g/mol. The maximum atomic E-state index is 13.1. The third-order valence-corrected chi connectivity index (χ3v) is 8.47. The van der Waals surface area contributed by atoms with Gasteiger partial charge in [0.15, 0.2) is 41.2 Å². The lowest BCUT2D eigenvalue weighted by atomic mass is 10.1. The number of hydrogen-bond donors (Lipinski definition) is 8. The molecule has 6 heterocycles. The zero-order valence-electron chi connectivity index (χ0n) is 22.4. The Bertz CT molecular complexity index is 1850. The van der Waals surface area contributed by atoms with Gasteiger partial charge in [-0.1, -0.05) is 0 Å². The first kappa shape index (κ1) is 31.4. The van der Waals surface area contributed by atoms with Crippen LogP contribution in [0.1, 0.15) is 12.5 Å². The minimum absolute atomic E-state index is 0.0327. The number of phosphoric acid groups is 1. The molecule has 2 saturated heterocycles. The number of aliphatic hydroxyl groups excluding tert-OH is 3. The van der Waals surface area contributed by atoms with Crippen molar-refractivity contribution < 1.29 is 57.3 Å². The predicted molar refractivity (Wildman–Crippen MR) is 145 cm³/mol. The van der Waals surface area contributed by atoms with E-state index in [0.717, 1.165) is 17.2 Å². The molecule has 10 atom stereocenters. The number of aromatic nitrogens is 8. The maximum Gasteiger partial charge on any atom is 0.695 e. The van der Waals surface area contributed by atoms with E-state index in [4.69, 9.17) is 34.5 Å². The van der Waals surface area contributed by atoms with Gasteiger partial charge in [0.25, 0.3) is 5.56 Å². The van der Waals surface area contributed by atoms with Gasteiger partial charge in [0.2, 0.25) is 5.95 Å². The van der Waals surface area contributed by atoms with Crippen LogP contribution in [0.5, 0.6) is 0 Å². The fraction of sp³-hybridized carbons (Fsp3) is 0.500.